The average molecular weight is 213 g/mol. The van der Waals surface area contributed by atoms with Gasteiger partial charge in [0.15, 0.2) is 17.6 Å². The van der Waals surface area contributed by atoms with E-state index in [1.165, 1.54) is 6.39 Å². The number of aromatic nitrogens is 2. The van der Waals surface area contributed by atoms with Crippen molar-refractivity contribution in [2.75, 3.05) is 0 Å². The molecule has 2 rings (SSSR count). The minimum absolute atomic E-state index is 0.658. The van der Waals surface area contributed by atoms with Gasteiger partial charge in [0, 0.05) is 10.5 Å². The van der Waals surface area contributed by atoms with E-state index < -0.39 is 0 Å². The van der Waals surface area contributed by atoms with E-state index in [1.54, 1.807) is 0 Å². The van der Waals surface area contributed by atoms with Gasteiger partial charge in [0.05, 0.1) is 5.69 Å². The van der Waals surface area contributed by atoms with Crippen LogP contribution in [-0.2, 0) is 0 Å². The van der Waals surface area contributed by atoms with E-state index in [4.69, 9.17) is 4.42 Å². The van der Waals surface area contributed by atoms with Gasteiger partial charge < -0.3 is 4.42 Å². The molecule has 2 heterocycles. The third-order valence-electron chi connectivity index (χ3n) is 1.45. The third kappa shape index (κ3) is 1.03. The van der Waals surface area contributed by atoms with Gasteiger partial charge in [-0.3, -0.25) is 0 Å². The van der Waals surface area contributed by atoms with Crippen molar-refractivity contribution in [2.24, 2.45) is 0 Å². The Balaban J connectivity index is 2.86. The summed E-state index contributed by atoms with van der Waals surface area (Å²) in [6.45, 7) is 1.91. The molecular weight excluding hydrogens is 208 g/mol. The Labute approximate surface area is 71.6 Å². The quantitative estimate of drug-likeness (QED) is 0.673. The van der Waals surface area contributed by atoms with Crippen LogP contribution in [0.4, 0.5) is 0 Å². The molecule has 0 amide bonds. The largest absolute Gasteiger partial charge is 0.442 e. The first-order valence-corrected chi connectivity index (χ1v) is 3.93. The molecule has 0 unspecified atom stereocenters. The van der Waals surface area contributed by atoms with Crippen molar-refractivity contribution in [3.05, 3.63) is 22.6 Å². The van der Waals surface area contributed by atoms with E-state index >= 15 is 0 Å². The first kappa shape index (κ1) is 6.79. The summed E-state index contributed by atoms with van der Waals surface area (Å²) < 4.78 is 6.00. The van der Waals surface area contributed by atoms with Crippen molar-refractivity contribution in [3.8, 4) is 0 Å². The Morgan fingerprint density at radius 3 is 3.18 bits per heavy atom. The molecule has 0 aliphatic carbocycles. The molecule has 11 heavy (non-hydrogen) atoms. The van der Waals surface area contributed by atoms with Crippen molar-refractivity contribution in [3.63, 3.8) is 0 Å². The fraction of sp³-hybridized carbons (Fsp3) is 0.143. The second kappa shape index (κ2) is 2.30. The van der Waals surface area contributed by atoms with E-state index in [0.29, 0.717) is 11.2 Å². The minimum atomic E-state index is 0.658. The molecule has 4 heteroatoms. The Bertz CT molecular complexity index is 360. The number of rotatable bonds is 0. The molecule has 3 nitrogen and oxygen atoms in total. The van der Waals surface area contributed by atoms with E-state index in [2.05, 4.69) is 25.9 Å². The van der Waals surface area contributed by atoms with Crippen LogP contribution in [0.15, 0.2) is 21.3 Å². The van der Waals surface area contributed by atoms with E-state index in [0.717, 1.165) is 10.2 Å². The van der Waals surface area contributed by atoms with Crippen LogP contribution in [-0.4, -0.2) is 9.97 Å². The van der Waals surface area contributed by atoms with Gasteiger partial charge in [0.1, 0.15) is 0 Å². The lowest BCUT2D eigenvalue weighted by Gasteiger charge is -1.93. The maximum atomic E-state index is 5.05. The number of hydrogen-bond donors (Lipinski definition) is 0. The Hall–Kier alpha value is -0.900. The van der Waals surface area contributed by atoms with Crippen molar-refractivity contribution < 1.29 is 4.42 Å². The van der Waals surface area contributed by atoms with E-state index in [-0.39, 0.29) is 0 Å². The van der Waals surface area contributed by atoms with Crippen molar-refractivity contribution in [2.45, 2.75) is 6.92 Å². The zero-order valence-electron chi connectivity index (χ0n) is 5.84. The Morgan fingerprint density at radius 2 is 2.36 bits per heavy atom. The molecule has 2 aromatic heterocycles. The lowest BCUT2D eigenvalue weighted by molar-refractivity contribution is 0.602. The summed E-state index contributed by atoms with van der Waals surface area (Å²) in [6, 6.07) is 1.87. The number of halogens is 1. The minimum Gasteiger partial charge on any atom is -0.442 e. The highest BCUT2D eigenvalue weighted by Crippen LogP contribution is 2.19. The lowest BCUT2D eigenvalue weighted by atomic mass is 10.4. The number of fused-ring (bicyclic) bond motifs is 1. The van der Waals surface area contributed by atoms with Gasteiger partial charge >= 0.3 is 0 Å². The fourth-order valence-corrected chi connectivity index (χ4v) is 1.16. The van der Waals surface area contributed by atoms with Gasteiger partial charge in [-0.05, 0) is 22.9 Å². The van der Waals surface area contributed by atoms with Crippen LogP contribution in [0, 0.1) is 6.92 Å². The highest BCUT2D eigenvalue weighted by Gasteiger charge is 2.02. The highest BCUT2D eigenvalue weighted by atomic mass is 79.9. The van der Waals surface area contributed by atoms with Crippen LogP contribution < -0.4 is 0 Å². The average Bonchev–Trinajstić information content (AvgIpc) is 2.36. The number of pyridine rings is 1. The van der Waals surface area contributed by atoms with Crippen LogP contribution in [0.5, 0.6) is 0 Å². The number of nitrogens with zero attached hydrogens (tertiary/aromatic N) is 2. The standard InChI is InChI=1S/C7H5BrN2O/c1-4-5(8)2-6-7(10-4)9-3-11-6/h2-3H,1H3. The third-order valence-corrected chi connectivity index (χ3v) is 2.25. The summed E-state index contributed by atoms with van der Waals surface area (Å²) in [6.07, 6.45) is 1.39. The van der Waals surface area contributed by atoms with Crippen LogP contribution in [0.25, 0.3) is 11.2 Å². The molecule has 0 spiro atoms. The molecule has 0 atom stereocenters. The predicted molar refractivity (Wildman–Crippen MR) is 44.2 cm³/mol. The second-order valence-corrected chi connectivity index (χ2v) is 3.08. The SMILES string of the molecule is Cc1nc2ncoc2cc1Br. The Morgan fingerprint density at radius 1 is 1.55 bits per heavy atom. The highest BCUT2D eigenvalue weighted by molar-refractivity contribution is 9.10. The first-order valence-electron chi connectivity index (χ1n) is 3.14. The van der Waals surface area contributed by atoms with Gasteiger partial charge in [-0.2, -0.15) is 4.98 Å². The number of hydrogen-bond acceptors (Lipinski definition) is 3. The predicted octanol–water partition coefficient (Wildman–Crippen LogP) is 2.29. The lowest BCUT2D eigenvalue weighted by Crippen LogP contribution is -1.82. The second-order valence-electron chi connectivity index (χ2n) is 2.23. The summed E-state index contributed by atoms with van der Waals surface area (Å²) in [5.41, 5.74) is 2.29. The molecule has 0 aliphatic heterocycles. The van der Waals surface area contributed by atoms with Crippen molar-refractivity contribution >= 4 is 27.2 Å². The number of aryl methyl sites for hydroxylation is 1. The van der Waals surface area contributed by atoms with Gasteiger partial charge in [0.2, 0.25) is 0 Å². The normalized spacial score (nSPS) is 10.7. The molecule has 0 N–H and O–H groups in total. The molecule has 2 aromatic rings. The molecule has 0 aromatic carbocycles. The fourth-order valence-electron chi connectivity index (χ4n) is 0.864. The summed E-state index contributed by atoms with van der Waals surface area (Å²) in [7, 11) is 0. The molecule has 0 bridgehead atoms. The summed E-state index contributed by atoms with van der Waals surface area (Å²) in [4.78, 5) is 8.11. The first-order chi connectivity index (χ1) is 5.27. The molecule has 0 saturated heterocycles. The van der Waals surface area contributed by atoms with Crippen LogP contribution in [0.1, 0.15) is 5.69 Å². The Kier molecular flexibility index (Phi) is 1.42. The van der Waals surface area contributed by atoms with Crippen molar-refractivity contribution in [1.82, 2.24) is 9.97 Å². The van der Waals surface area contributed by atoms with Crippen LogP contribution >= 0.6 is 15.9 Å². The smallest absolute Gasteiger partial charge is 0.198 e. The van der Waals surface area contributed by atoms with Gasteiger partial charge in [-0.15, -0.1) is 0 Å². The molecule has 0 radical (unpaired) electrons. The molecule has 0 fully saturated rings. The summed E-state index contributed by atoms with van der Waals surface area (Å²) in [5, 5.41) is 0. The monoisotopic (exact) mass is 212 g/mol. The molecule has 0 aliphatic rings. The summed E-state index contributed by atoms with van der Waals surface area (Å²) >= 11 is 3.35. The van der Waals surface area contributed by atoms with Gasteiger partial charge in [-0.25, -0.2) is 4.98 Å². The maximum Gasteiger partial charge on any atom is 0.198 e. The molecule has 0 saturated carbocycles. The zero-order valence-corrected chi connectivity index (χ0v) is 7.42. The molecular formula is C7H5BrN2O. The van der Waals surface area contributed by atoms with Crippen molar-refractivity contribution in [1.29, 1.82) is 0 Å². The van der Waals surface area contributed by atoms with E-state index in [1.807, 2.05) is 13.0 Å². The van der Waals surface area contributed by atoms with Crippen LogP contribution in [0.3, 0.4) is 0 Å². The maximum absolute atomic E-state index is 5.05. The van der Waals surface area contributed by atoms with E-state index in [9.17, 15) is 0 Å². The van der Waals surface area contributed by atoms with Gasteiger partial charge in [0.25, 0.3) is 0 Å². The number of oxazole rings is 1. The zero-order chi connectivity index (χ0) is 7.84. The van der Waals surface area contributed by atoms with Gasteiger partial charge in [-0.1, -0.05) is 0 Å². The molecule has 56 valence electrons. The topological polar surface area (TPSA) is 38.9 Å². The summed E-state index contributed by atoms with van der Waals surface area (Å²) in [5.74, 6) is 0. The van der Waals surface area contributed by atoms with Crippen LogP contribution in [0.2, 0.25) is 0 Å².